The van der Waals surface area contributed by atoms with Crippen molar-refractivity contribution in [3.63, 3.8) is 0 Å². The molecular formula is C17H22FN5O3. The summed E-state index contributed by atoms with van der Waals surface area (Å²) in [5, 5.41) is 12.4. The number of anilines is 1. The van der Waals surface area contributed by atoms with Crippen LogP contribution in [0.2, 0.25) is 0 Å². The van der Waals surface area contributed by atoms with Crippen molar-refractivity contribution in [2.45, 2.75) is 25.3 Å². The normalized spacial score (nSPS) is 17.2. The number of carboxylic acids is 1. The maximum absolute atomic E-state index is 14.5. The number of nitrogens with two attached hydrogens (primary N) is 1. The van der Waals surface area contributed by atoms with Gasteiger partial charge < -0.3 is 26.0 Å². The molecule has 140 valence electrons. The van der Waals surface area contributed by atoms with Crippen LogP contribution in [0.4, 0.5) is 10.2 Å². The first-order valence-electron chi connectivity index (χ1n) is 8.65. The number of halogens is 1. The molecule has 1 aliphatic heterocycles. The molecule has 0 spiro atoms. The molecule has 1 atom stereocenters. The summed E-state index contributed by atoms with van der Waals surface area (Å²) in [6.45, 7) is 2.82. The number of hydrogen-bond acceptors (Lipinski definition) is 6. The van der Waals surface area contributed by atoms with Gasteiger partial charge in [0.1, 0.15) is 11.2 Å². The molecule has 0 aromatic carbocycles. The van der Waals surface area contributed by atoms with Crippen molar-refractivity contribution in [2.24, 2.45) is 5.73 Å². The third kappa shape index (κ3) is 3.68. The average molecular weight is 363 g/mol. The van der Waals surface area contributed by atoms with E-state index in [0.717, 1.165) is 38.1 Å². The van der Waals surface area contributed by atoms with Crippen molar-refractivity contribution >= 4 is 22.8 Å². The van der Waals surface area contributed by atoms with Gasteiger partial charge in [-0.15, -0.1) is 0 Å². The standard InChI is InChI=1S/C17H22FN5O3/c18-13-7-11-14(24)12(17(25)26)8-21-15(11)22-16(13)23-6-3-10(9-23)20-5-2-1-4-19/h7-8,10,20H,1-6,9,19H2,(H,25,26)(H,21,22,24). The Morgan fingerprint density at radius 2 is 2.31 bits per heavy atom. The molecule has 26 heavy (non-hydrogen) atoms. The van der Waals surface area contributed by atoms with Crippen LogP contribution >= 0.6 is 0 Å². The quantitative estimate of drug-likeness (QED) is 0.533. The first-order valence-corrected chi connectivity index (χ1v) is 8.65. The molecule has 3 heterocycles. The molecule has 5 N–H and O–H groups in total. The Labute approximate surface area is 149 Å². The Hall–Kier alpha value is -2.52. The summed E-state index contributed by atoms with van der Waals surface area (Å²) in [6.07, 6.45) is 3.93. The van der Waals surface area contributed by atoms with Gasteiger partial charge >= 0.3 is 5.97 Å². The van der Waals surface area contributed by atoms with Gasteiger partial charge in [-0.05, 0) is 38.4 Å². The number of fused-ring (bicyclic) bond motifs is 1. The van der Waals surface area contributed by atoms with E-state index in [1.807, 2.05) is 4.90 Å². The molecule has 1 aliphatic rings. The van der Waals surface area contributed by atoms with Crippen molar-refractivity contribution in [3.8, 4) is 0 Å². The van der Waals surface area contributed by atoms with E-state index < -0.39 is 22.8 Å². The molecule has 0 radical (unpaired) electrons. The maximum Gasteiger partial charge on any atom is 0.341 e. The van der Waals surface area contributed by atoms with Gasteiger partial charge in [0, 0.05) is 25.3 Å². The van der Waals surface area contributed by atoms with Crippen molar-refractivity contribution < 1.29 is 14.3 Å². The summed E-state index contributed by atoms with van der Waals surface area (Å²) in [6, 6.07) is 1.31. The lowest BCUT2D eigenvalue weighted by atomic mass is 10.2. The monoisotopic (exact) mass is 363 g/mol. The topological polar surface area (TPSA) is 124 Å². The van der Waals surface area contributed by atoms with Crippen LogP contribution in [0, 0.1) is 5.82 Å². The largest absolute Gasteiger partial charge is 0.477 e. The Bertz CT molecular complexity index is 869. The van der Waals surface area contributed by atoms with Gasteiger partial charge in [-0.2, -0.15) is 0 Å². The third-order valence-corrected chi connectivity index (χ3v) is 4.58. The molecule has 2 aromatic heterocycles. The van der Waals surface area contributed by atoms with E-state index in [-0.39, 0.29) is 22.9 Å². The molecule has 0 aliphatic carbocycles. The zero-order chi connectivity index (χ0) is 18.7. The lowest BCUT2D eigenvalue weighted by Crippen LogP contribution is -2.33. The van der Waals surface area contributed by atoms with E-state index in [1.54, 1.807) is 0 Å². The number of carboxylic acid groups (broad SMARTS) is 1. The molecule has 2 aromatic rings. The van der Waals surface area contributed by atoms with E-state index in [9.17, 15) is 14.0 Å². The second kappa shape index (κ2) is 7.79. The van der Waals surface area contributed by atoms with E-state index >= 15 is 0 Å². The van der Waals surface area contributed by atoms with Crippen LogP contribution < -0.4 is 21.4 Å². The number of unbranched alkanes of at least 4 members (excludes halogenated alkanes) is 1. The van der Waals surface area contributed by atoms with Crippen LogP contribution in [-0.4, -0.2) is 53.3 Å². The number of nitrogens with one attached hydrogen (secondary N) is 2. The van der Waals surface area contributed by atoms with Crippen molar-refractivity contribution in [2.75, 3.05) is 31.1 Å². The summed E-state index contributed by atoms with van der Waals surface area (Å²) in [5.41, 5.74) is 4.47. The zero-order valence-corrected chi connectivity index (χ0v) is 14.3. The summed E-state index contributed by atoms with van der Waals surface area (Å²) < 4.78 is 14.5. The summed E-state index contributed by atoms with van der Waals surface area (Å²) in [5.74, 6) is -1.82. The van der Waals surface area contributed by atoms with E-state index in [2.05, 4.69) is 15.3 Å². The highest BCUT2D eigenvalue weighted by atomic mass is 19.1. The number of nitrogens with zero attached hydrogens (tertiary/aromatic N) is 2. The van der Waals surface area contributed by atoms with Crippen LogP contribution in [0.15, 0.2) is 17.1 Å². The highest BCUT2D eigenvalue weighted by molar-refractivity contribution is 5.91. The molecule has 8 nitrogen and oxygen atoms in total. The van der Waals surface area contributed by atoms with E-state index in [1.165, 1.54) is 0 Å². The summed E-state index contributed by atoms with van der Waals surface area (Å²) in [7, 11) is 0. The number of hydrogen-bond donors (Lipinski definition) is 4. The lowest BCUT2D eigenvalue weighted by molar-refractivity contribution is 0.0695. The van der Waals surface area contributed by atoms with Crippen molar-refractivity contribution in [3.05, 3.63) is 33.9 Å². The van der Waals surface area contributed by atoms with Gasteiger partial charge in [0.15, 0.2) is 11.6 Å². The molecule has 1 unspecified atom stereocenters. The number of aromatic carboxylic acids is 1. The van der Waals surface area contributed by atoms with Crippen LogP contribution in [0.3, 0.4) is 0 Å². The Morgan fingerprint density at radius 1 is 1.50 bits per heavy atom. The number of H-pyrrole nitrogens is 1. The number of aromatic nitrogens is 2. The predicted octanol–water partition coefficient (Wildman–Crippen LogP) is 0.668. The fraction of sp³-hybridized carbons (Fsp3) is 0.471. The van der Waals surface area contributed by atoms with E-state index in [4.69, 9.17) is 10.8 Å². The third-order valence-electron chi connectivity index (χ3n) is 4.58. The molecule has 1 saturated heterocycles. The Morgan fingerprint density at radius 3 is 3.04 bits per heavy atom. The number of pyridine rings is 2. The minimum absolute atomic E-state index is 0.0678. The minimum atomic E-state index is -1.36. The molecule has 0 saturated carbocycles. The highest BCUT2D eigenvalue weighted by Crippen LogP contribution is 2.24. The fourth-order valence-electron chi connectivity index (χ4n) is 3.19. The molecule has 9 heteroatoms. The molecule has 0 amide bonds. The number of aromatic amines is 1. The second-order valence-corrected chi connectivity index (χ2v) is 6.41. The van der Waals surface area contributed by atoms with Gasteiger partial charge in [0.25, 0.3) is 0 Å². The van der Waals surface area contributed by atoms with Gasteiger partial charge in [-0.3, -0.25) is 4.79 Å². The van der Waals surface area contributed by atoms with Crippen LogP contribution in [-0.2, 0) is 0 Å². The van der Waals surface area contributed by atoms with E-state index in [0.29, 0.717) is 19.6 Å². The molecule has 1 fully saturated rings. The number of carbonyl (C=O) groups is 1. The van der Waals surface area contributed by atoms with Gasteiger partial charge in [-0.1, -0.05) is 0 Å². The lowest BCUT2D eigenvalue weighted by Gasteiger charge is -2.19. The molecule has 0 bridgehead atoms. The van der Waals surface area contributed by atoms with Crippen LogP contribution in [0.5, 0.6) is 0 Å². The van der Waals surface area contributed by atoms with Crippen LogP contribution in [0.1, 0.15) is 29.6 Å². The van der Waals surface area contributed by atoms with Crippen molar-refractivity contribution in [1.29, 1.82) is 0 Å². The predicted molar refractivity (Wildman–Crippen MR) is 96.2 cm³/mol. The summed E-state index contributed by atoms with van der Waals surface area (Å²) in [4.78, 5) is 31.9. The second-order valence-electron chi connectivity index (χ2n) is 6.41. The Kier molecular flexibility index (Phi) is 5.48. The van der Waals surface area contributed by atoms with Crippen molar-refractivity contribution in [1.82, 2.24) is 15.3 Å². The highest BCUT2D eigenvalue weighted by Gasteiger charge is 2.26. The molecule has 3 rings (SSSR count). The van der Waals surface area contributed by atoms with Gasteiger partial charge in [0.05, 0.1) is 5.39 Å². The minimum Gasteiger partial charge on any atom is -0.477 e. The Balaban J connectivity index is 1.79. The SMILES string of the molecule is NCCCCNC1CCN(c2nc3[nH]cc(C(=O)O)c(=O)c3cc2F)C1. The van der Waals surface area contributed by atoms with Gasteiger partial charge in [0.2, 0.25) is 5.43 Å². The summed E-state index contributed by atoms with van der Waals surface area (Å²) >= 11 is 0. The number of rotatable bonds is 7. The first-order chi connectivity index (χ1) is 12.5. The zero-order valence-electron chi connectivity index (χ0n) is 14.3. The van der Waals surface area contributed by atoms with Crippen LogP contribution in [0.25, 0.3) is 11.0 Å². The van der Waals surface area contributed by atoms with Gasteiger partial charge in [-0.25, -0.2) is 14.2 Å². The smallest absolute Gasteiger partial charge is 0.341 e. The maximum atomic E-state index is 14.5. The fourth-order valence-corrected chi connectivity index (χ4v) is 3.19. The average Bonchev–Trinajstić information content (AvgIpc) is 3.07. The molecular weight excluding hydrogens is 341 g/mol. The first kappa shape index (κ1) is 18.3.